The summed E-state index contributed by atoms with van der Waals surface area (Å²) in [4.78, 5) is 18.7. The Hall–Kier alpha value is -2.93. The summed E-state index contributed by atoms with van der Waals surface area (Å²) in [6, 6.07) is 11.5. The van der Waals surface area contributed by atoms with E-state index in [4.69, 9.17) is 4.74 Å². The molecule has 0 spiro atoms. The Labute approximate surface area is 152 Å². The molecule has 7 nitrogen and oxygen atoms in total. The molecule has 26 heavy (non-hydrogen) atoms. The maximum absolute atomic E-state index is 12.1. The Balaban J connectivity index is 1.75. The number of anilines is 1. The van der Waals surface area contributed by atoms with Crippen LogP contribution in [0.5, 0.6) is 5.75 Å². The minimum Gasteiger partial charge on any atom is -0.497 e. The maximum atomic E-state index is 12.1. The first kappa shape index (κ1) is 17.9. The van der Waals surface area contributed by atoms with Gasteiger partial charge in [-0.25, -0.2) is 4.98 Å². The molecule has 0 unspecified atom stereocenters. The van der Waals surface area contributed by atoms with Crippen molar-refractivity contribution < 1.29 is 9.53 Å². The second-order valence-electron chi connectivity index (χ2n) is 6.35. The van der Waals surface area contributed by atoms with Crippen molar-refractivity contribution in [3.05, 3.63) is 36.4 Å². The second-order valence-corrected chi connectivity index (χ2v) is 6.35. The Bertz CT molecular complexity index is 904. The van der Waals surface area contributed by atoms with Crippen LogP contribution in [0.15, 0.2) is 36.4 Å². The number of pyridine rings is 1. The van der Waals surface area contributed by atoms with E-state index in [1.54, 1.807) is 7.11 Å². The monoisotopic (exact) mass is 353 g/mol. The van der Waals surface area contributed by atoms with E-state index in [9.17, 15) is 4.79 Å². The van der Waals surface area contributed by atoms with Gasteiger partial charge >= 0.3 is 0 Å². The summed E-state index contributed by atoms with van der Waals surface area (Å²) >= 11 is 0. The molecule has 0 fully saturated rings. The van der Waals surface area contributed by atoms with Gasteiger partial charge in [0.1, 0.15) is 5.75 Å². The number of methoxy groups -OCH3 is 1. The molecule has 1 amide bonds. The number of hydrogen-bond acceptors (Lipinski definition) is 5. The predicted molar refractivity (Wildman–Crippen MR) is 102 cm³/mol. The van der Waals surface area contributed by atoms with Crippen LogP contribution >= 0.6 is 0 Å². The minimum absolute atomic E-state index is 0.0443. The van der Waals surface area contributed by atoms with Gasteiger partial charge in [-0.3, -0.25) is 9.89 Å². The van der Waals surface area contributed by atoms with Crippen LogP contribution in [0.4, 0.5) is 5.82 Å². The molecule has 7 heteroatoms. The number of ether oxygens (including phenoxy) is 1. The fourth-order valence-electron chi connectivity index (χ4n) is 2.69. The lowest BCUT2D eigenvalue weighted by molar-refractivity contribution is -0.116. The smallest absolute Gasteiger partial charge is 0.225 e. The summed E-state index contributed by atoms with van der Waals surface area (Å²) in [6.07, 6.45) is 1.27. The van der Waals surface area contributed by atoms with Crippen molar-refractivity contribution in [2.45, 2.75) is 12.8 Å². The summed E-state index contributed by atoms with van der Waals surface area (Å²) in [6.45, 7) is 0.875. The molecule has 1 aromatic carbocycles. The van der Waals surface area contributed by atoms with Crippen molar-refractivity contribution in [2.24, 2.45) is 0 Å². The van der Waals surface area contributed by atoms with Crippen LogP contribution in [0.25, 0.3) is 22.3 Å². The van der Waals surface area contributed by atoms with Gasteiger partial charge < -0.3 is 15.0 Å². The van der Waals surface area contributed by atoms with Gasteiger partial charge in [0.2, 0.25) is 5.91 Å². The van der Waals surface area contributed by atoms with E-state index in [2.05, 4.69) is 25.4 Å². The summed E-state index contributed by atoms with van der Waals surface area (Å²) in [5.74, 6) is 1.25. The van der Waals surface area contributed by atoms with Crippen molar-refractivity contribution >= 4 is 22.8 Å². The third-order valence-corrected chi connectivity index (χ3v) is 4.06. The maximum Gasteiger partial charge on any atom is 0.225 e. The highest BCUT2D eigenvalue weighted by molar-refractivity contribution is 5.99. The number of aromatic nitrogens is 3. The lowest BCUT2D eigenvalue weighted by Crippen LogP contribution is -2.17. The van der Waals surface area contributed by atoms with E-state index >= 15 is 0 Å². The highest BCUT2D eigenvalue weighted by Crippen LogP contribution is 2.26. The molecule has 0 atom stereocenters. The molecule has 0 aliphatic carbocycles. The largest absolute Gasteiger partial charge is 0.497 e. The first-order valence-corrected chi connectivity index (χ1v) is 8.51. The summed E-state index contributed by atoms with van der Waals surface area (Å²) < 4.78 is 5.26. The first-order chi connectivity index (χ1) is 12.6. The summed E-state index contributed by atoms with van der Waals surface area (Å²) in [7, 11) is 5.62. The molecule has 0 saturated carbocycles. The molecule has 3 aromatic rings. The standard InChI is InChI=1S/C19H23N5O2/c1-24(2)11-5-8-17(25)21-19-15-9-10-16(20-18(15)22-23-19)13-6-4-7-14(12-13)26-3/h4,6-7,9-10,12H,5,8,11H2,1-3H3,(H2,20,21,22,23,25). The molecule has 0 radical (unpaired) electrons. The van der Waals surface area contributed by atoms with Crippen LogP contribution < -0.4 is 10.1 Å². The van der Waals surface area contributed by atoms with Crippen molar-refractivity contribution in [2.75, 3.05) is 33.1 Å². The fraction of sp³-hybridized carbons (Fsp3) is 0.316. The van der Waals surface area contributed by atoms with Crippen LogP contribution in [0.3, 0.4) is 0 Å². The molecule has 0 aliphatic rings. The van der Waals surface area contributed by atoms with Crippen LogP contribution in [0.1, 0.15) is 12.8 Å². The average Bonchev–Trinajstić information content (AvgIpc) is 3.03. The fourth-order valence-corrected chi connectivity index (χ4v) is 2.69. The summed E-state index contributed by atoms with van der Waals surface area (Å²) in [5.41, 5.74) is 2.40. The topological polar surface area (TPSA) is 83.1 Å². The molecule has 2 aromatic heterocycles. The number of hydrogen-bond donors (Lipinski definition) is 2. The Morgan fingerprint density at radius 3 is 2.88 bits per heavy atom. The molecule has 2 heterocycles. The number of rotatable bonds is 7. The Kier molecular flexibility index (Phi) is 5.48. The van der Waals surface area contributed by atoms with Crippen LogP contribution in [0.2, 0.25) is 0 Å². The zero-order valence-corrected chi connectivity index (χ0v) is 15.2. The lowest BCUT2D eigenvalue weighted by Gasteiger charge is -2.08. The van der Waals surface area contributed by atoms with E-state index in [1.165, 1.54) is 0 Å². The molecule has 2 N–H and O–H groups in total. The molecule has 136 valence electrons. The number of benzene rings is 1. The second kappa shape index (κ2) is 7.97. The Morgan fingerprint density at radius 1 is 1.27 bits per heavy atom. The molecular formula is C19H23N5O2. The zero-order chi connectivity index (χ0) is 18.5. The lowest BCUT2D eigenvalue weighted by atomic mass is 10.1. The van der Waals surface area contributed by atoms with Gasteiger partial charge in [-0.05, 0) is 51.3 Å². The number of amides is 1. The quantitative estimate of drug-likeness (QED) is 0.682. The zero-order valence-electron chi connectivity index (χ0n) is 15.2. The van der Waals surface area contributed by atoms with Crippen LogP contribution in [-0.4, -0.2) is 53.7 Å². The molecular weight excluding hydrogens is 330 g/mol. The number of carbonyl (C=O) groups is 1. The van der Waals surface area contributed by atoms with Gasteiger partial charge in [0, 0.05) is 12.0 Å². The highest BCUT2D eigenvalue weighted by Gasteiger charge is 2.12. The van der Waals surface area contributed by atoms with Crippen molar-refractivity contribution in [3.63, 3.8) is 0 Å². The van der Waals surface area contributed by atoms with Crippen molar-refractivity contribution in [3.8, 4) is 17.0 Å². The molecule has 0 bridgehead atoms. The van der Waals surface area contributed by atoms with Gasteiger partial charge in [0.15, 0.2) is 11.5 Å². The number of nitrogens with one attached hydrogen (secondary N) is 2. The van der Waals surface area contributed by atoms with Crippen LogP contribution in [-0.2, 0) is 4.79 Å². The van der Waals surface area contributed by atoms with E-state index in [0.717, 1.165) is 35.4 Å². The van der Waals surface area contributed by atoms with Gasteiger partial charge in [-0.15, -0.1) is 0 Å². The number of fused-ring (bicyclic) bond motifs is 1. The van der Waals surface area contributed by atoms with Gasteiger partial charge in [-0.1, -0.05) is 12.1 Å². The van der Waals surface area contributed by atoms with Gasteiger partial charge in [0.25, 0.3) is 0 Å². The average molecular weight is 353 g/mol. The molecule has 0 aliphatic heterocycles. The third-order valence-electron chi connectivity index (χ3n) is 4.06. The highest BCUT2D eigenvalue weighted by atomic mass is 16.5. The molecule has 3 rings (SSSR count). The Morgan fingerprint density at radius 2 is 2.12 bits per heavy atom. The number of H-pyrrole nitrogens is 1. The van der Waals surface area contributed by atoms with Crippen molar-refractivity contribution in [1.29, 1.82) is 0 Å². The summed E-state index contributed by atoms with van der Waals surface area (Å²) in [5, 5.41) is 10.7. The minimum atomic E-state index is -0.0443. The van der Waals surface area contributed by atoms with E-state index < -0.39 is 0 Å². The number of aromatic amines is 1. The number of carbonyl (C=O) groups excluding carboxylic acids is 1. The number of nitrogens with zero attached hydrogens (tertiary/aromatic N) is 3. The van der Waals surface area contributed by atoms with Gasteiger partial charge in [-0.2, -0.15) is 5.10 Å². The van der Waals surface area contributed by atoms with Crippen LogP contribution in [0, 0.1) is 0 Å². The van der Waals surface area contributed by atoms with Crippen molar-refractivity contribution in [1.82, 2.24) is 20.1 Å². The van der Waals surface area contributed by atoms with E-state index in [0.29, 0.717) is 17.9 Å². The first-order valence-electron chi connectivity index (χ1n) is 8.51. The normalized spacial score (nSPS) is 11.1. The third kappa shape index (κ3) is 4.18. The molecule has 0 saturated heterocycles. The SMILES string of the molecule is COc1cccc(-c2ccc3c(NC(=O)CCCN(C)C)n[nH]c3n2)c1. The van der Waals surface area contributed by atoms with E-state index in [1.807, 2.05) is 50.5 Å². The van der Waals surface area contributed by atoms with E-state index in [-0.39, 0.29) is 5.91 Å². The predicted octanol–water partition coefficient (Wildman–Crippen LogP) is 2.91. The van der Waals surface area contributed by atoms with Gasteiger partial charge in [0.05, 0.1) is 18.2 Å².